The van der Waals surface area contributed by atoms with Gasteiger partial charge in [0, 0.05) is 18.0 Å². The van der Waals surface area contributed by atoms with Crippen LogP contribution in [-0.2, 0) is 13.5 Å². The van der Waals surface area contributed by atoms with Gasteiger partial charge in [-0.3, -0.25) is 0 Å². The Kier molecular flexibility index (Phi) is 3.59. The third kappa shape index (κ3) is 2.62. The van der Waals surface area contributed by atoms with Crippen molar-refractivity contribution in [2.75, 3.05) is 0 Å². The van der Waals surface area contributed by atoms with Crippen LogP contribution in [0.15, 0.2) is 35.8 Å². The van der Waals surface area contributed by atoms with E-state index in [0.29, 0.717) is 11.6 Å². The predicted molar refractivity (Wildman–Crippen MR) is 83.3 cm³/mol. The number of thiazole rings is 1. The Morgan fingerprint density at radius 1 is 1.25 bits per heavy atom. The van der Waals surface area contributed by atoms with Gasteiger partial charge >= 0.3 is 0 Å². The first-order chi connectivity index (χ1) is 9.63. The molecule has 3 rings (SSSR count). The molecule has 0 spiro atoms. The van der Waals surface area contributed by atoms with Crippen molar-refractivity contribution in [3.63, 3.8) is 0 Å². The molecule has 0 radical (unpaired) electrons. The van der Waals surface area contributed by atoms with Gasteiger partial charge in [-0.1, -0.05) is 41.4 Å². The second-order valence-corrected chi connectivity index (χ2v) is 6.06. The van der Waals surface area contributed by atoms with Crippen molar-refractivity contribution < 1.29 is 0 Å². The molecule has 0 saturated carbocycles. The van der Waals surface area contributed by atoms with E-state index in [2.05, 4.69) is 46.5 Å². The van der Waals surface area contributed by atoms with Crippen molar-refractivity contribution >= 4 is 22.9 Å². The van der Waals surface area contributed by atoms with Gasteiger partial charge in [0.05, 0.1) is 18.3 Å². The molecule has 5 heteroatoms. The van der Waals surface area contributed by atoms with Crippen molar-refractivity contribution in [2.45, 2.75) is 13.3 Å². The van der Waals surface area contributed by atoms with Gasteiger partial charge in [0.25, 0.3) is 0 Å². The summed E-state index contributed by atoms with van der Waals surface area (Å²) >= 11 is 7.65. The third-order valence-electron chi connectivity index (χ3n) is 3.24. The average Bonchev–Trinajstić information content (AvgIpc) is 3.02. The fourth-order valence-corrected chi connectivity index (χ4v) is 2.92. The van der Waals surface area contributed by atoms with Gasteiger partial charge in [0.1, 0.15) is 16.0 Å². The maximum Gasteiger partial charge on any atom is 0.128 e. The van der Waals surface area contributed by atoms with Crippen molar-refractivity contribution in [2.24, 2.45) is 7.05 Å². The van der Waals surface area contributed by atoms with Crippen LogP contribution in [0.1, 0.15) is 16.4 Å². The van der Waals surface area contributed by atoms with Crippen LogP contribution in [0.4, 0.5) is 0 Å². The summed E-state index contributed by atoms with van der Waals surface area (Å²) in [5.41, 5.74) is 3.42. The number of nitrogens with zero attached hydrogens (tertiary/aromatic N) is 3. The summed E-state index contributed by atoms with van der Waals surface area (Å²) in [6.45, 7) is 2.08. The SMILES string of the molecule is Cc1ccc(-c2csc(Cc3ncc(Cl)n3C)n2)cc1. The first-order valence-electron chi connectivity index (χ1n) is 6.31. The molecule has 1 aromatic carbocycles. The van der Waals surface area contributed by atoms with Gasteiger partial charge in [-0.05, 0) is 6.92 Å². The Morgan fingerprint density at radius 3 is 2.65 bits per heavy atom. The number of hydrogen-bond donors (Lipinski definition) is 0. The Morgan fingerprint density at radius 2 is 2.00 bits per heavy atom. The number of halogens is 1. The predicted octanol–water partition coefficient (Wildman–Crippen LogP) is 4.10. The van der Waals surface area contributed by atoms with Crippen molar-refractivity contribution in [3.05, 3.63) is 57.4 Å². The van der Waals surface area contributed by atoms with E-state index in [4.69, 9.17) is 11.6 Å². The molecule has 3 nitrogen and oxygen atoms in total. The zero-order valence-corrected chi connectivity index (χ0v) is 12.9. The Bertz CT molecular complexity index is 728. The van der Waals surface area contributed by atoms with E-state index in [0.717, 1.165) is 22.1 Å². The van der Waals surface area contributed by atoms with E-state index in [1.54, 1.807) is 17.5 Å². The number of hydrogen-bond acceptors (Lipinski definition) is 3. The molecule has 0 unspecified atom stereocenters. The molecule has 0 amide bonds. The summed E-state index contributed by atoms with van der Waals surface area (Å²) in [7, 11) is 1.92. The zero-order valence-electron chi connectivity index (χ0n) is 11.3. The molecule has 0 aliphatic rings. The monoisotopic (exact) mass is 303 g/mol. The van der Waals surface area contributed by atoms with Crippen LogP contribution in [-0.4, -0.2) is 14.5 Å². The number of aryl methyl sites for hydroxylation is 1. The first-order valence-corrected chi connectivity index (χ1v) is 7.57. The summed E-state index contributed by atoms with van der Waals surface area (Å²) in [6, 6.07) is 8.41. The van der Waals surface area contributed by atoms with Crippen molar-refractivity contribution in [1.82, 2.24) is 14.5 Å². The molecule has 0 aliphatic carbocycles. The summed E-state index contributed by atoms with van der Waals surface area (Å²) in [6.07, 6.45) is 2.38. The minimum absolute atomic E-state index is 0.648. The molecule has 2 aromatic heterocycles. The summed E-state index contributed by atoms with van der Waals surface area (Å²) in [5, 5.41) is 3.78. The van der Waals surface area contributed by atoms with E-state index in [9.17, 15) is 0 Å². The largest absolute Gasteiger partial charge is 0.322 e. The fraction of sp³-hybridized carbons (Fsp3) is 0.200. The molecule has 102 valence electrons. The molecule has 0 atom stereocenters. The van der Waals surface area contributed by atoms with Crippen molar-refractivity contribution in [1.29, 1.82) is 0 Å². The molecule has 0 N–H and O–H groups in total. The first kappa shape index (κ1) is 13.3. The minimum Gasteiger partial charge on any atom is -0.322 e. The van der Waals surface area contributed by atoms with E-state index in [1.807, 2.05) is 11.6 Å². The Labute approximate surface area is 126 Å². The molecular weight excluding hydrogens is 290 g/mol. The minimum atomic E-state index is 0.648. The van der Waals surface area contributed by atoms with Crippen LogP contribution < -0.4 is 0 Å². The van der Waals surface area contributed by atoms with Gasteiger partial charge in [0.2, 0.25) is 0 Å². The molecule has 0 saturated heterocycles. The molecule has 20 heavy (non-hydrogen) atoms. The number of aromatic nitrogens is 3. The lowest BCUT2D eigenvalue weighted by atomic mass is 10.1. The maximum absolute atomic E-state index is 5.99. The molecule has 0 bridgehead atoms. The summed E-state index contributed by atoms with van der Waals surface area (Å²) in [4.78, 5) is 8.98. The van der Waals surface area contributed by atoms with E-state index >= 15 is 0 Å². The molecule has 0 aliphatic heterocycles. The van der Waals surface area contributed by atoms with E-state index < -0.39 is 0 Å². The van der Waals surface area contributed by atoms with Crippen LogP contribution in [0.25, 0.3) is 11.3 Å². The van der Waals surface area contributed by atoms with Gasteiger partial charge in [-0.15, -0.1) is 11.3 Å². The van der Waals surface area contributed by atoms with Gasteiger partial charge in [-0.2, -0.15) is 0 Å². The van der Waals surface area contributed by atoms with E-state index in [-0.39, 0.29) is 0 Å². The van der Waals surface area contributed by atoms with Gasteiger partial charge in [0.15, 0.2) is 0 Å². The number of benzene rings is 1. The Hall–Kier alpha value is -1.65. The number of rotatable bonds is 3. The lowest BCUT2D eigenvalue weighted by molar-refractivity contribution is 0.820. The highest BCUT2D eigenvalue weighted by Crippen LogP contribution is 2.24. The van der Waals surface area contributed by atoms with E-state index in [1.165, 1.54) is 5.56 Å². The van der Waals surface area contributed by atoms with Crippen LogP contribution in [0.2, 0.25) is 5.15 Å². The highest BCUT2D eigenvalue weighted by Gasteiger charge is 2.09. The van der Waals surface area contributed by atoms with Crippen LogP contribution in [0.5, 0.6) is 0 Å². The second kappa shape index (κ2) is 5.38. The summed E-state index contributed by atoms with van der Waals surface area (Å²) < 4.78 is 1.88. The zero-order chi connectivity index (χ0) is 14.1. The van der Waals surface area contributed by atoms with Crippen molar-refractivity contribution in [3.8, 4) is 11.3 Å². The second-order valence-electron chi connectivity index (χ2n) is 4.73. The standard InChI is InChI=1S/C15H14ClN3S/c1-10-3-5-11(6-4-10)12-9-20-15(18-12)7-14-17-8-13(16)19(14)2/h3-6,8-9H,7H2,1-2H3. The molecule has 0 fully saturated rings. The lowest BCUT2D eigenvalue weighted by Crippen LogP contribution is -1.99. The highest BCUT2D eigenvalue weighted by molar-refractivity contribution is 7.10. The average molecular weight is 304 g/mol. The quantitative estimate of drug-likeness (QED) is 0.729. The highest BCUT2D eigenvalue weighted by atomic mass is 35.5. The van der Waals surface area contributed by atoms with Crippen LogP contribution in [0, 0.1) is 6.92 Å². The normalized spacial score (nSPS) is 10.9. The third-order valence-corrected chi connectivity index (χ3v) is 4.44. The Balaban J connectivity index is 1.83. The topological polar surface area (TPSA) is 30.7 Å². The van der Waals surface area contributed by atoms with Crippen LogP contribution >= 0.6 is 22.9 Å². The van der Waals surface area contributed by atoms with Crippen LogP contribution in [0.3, 0.4) is 0 Å². The molecular formula is C15H14ClN3S. The number of imidazole rings is 1. The maximum atomic E-state index is 5.99. The summed E-state index contributed by atoms with van der Waals surface area (Å²) in [5.74, 6) is 0.930. The molecule has 2 heterocycles. The van der Waals surface area contributed by atoms with Gasteiger partial charge in [-0.25, -0.2) is 9.97 Å². The fourth-order valence-electron chi connectivity index (χ4n) is 1.97. The lowest BCUT2D eigenvalue weighted by Gasteiger charge is -2.00. The molecule has 3 aromatic rings. The van der Waals surface area contributed by atoms with Gasteiger partial charge < -0.3 is 4.57 Å². The smallest absolute Gasteiger partial charge is 0.128 e.